The van der Waals surface area contributed by atoms with Crippen LogP contribution in [0.2, 0.25) is 0 Å². The molecule has 5 heteroatoms. The standard InChI is InChI=1S/C18H20N2O3/c1-3-22-14-6-4-13(5-7-14)18(21)20-19-11-15-8-9-17(23-15)16-10-12(16)2/h4-9,11-12,16H,3,10H2,1-2H3,(H,20,21)/b19-11-/t12-,16+/m0/s1. The molecule has 0 radical (unpaired) electrons. The number of furan rings is 1. The lowest BCUT2D eigenvalue weighted by Gasteiger charge is -2.03. The topological polar surface area (TPSA) is 63.8 Å². The molecule has 1 amide bonds. The van der Waals surface area contributed by atoms with Crippen molar-refractivity contribution in [2.24, 2.45) is 11.0 Å². The third-order valence-electron chi connectivity index (χ3n) is 3.91. The third kappa shape index (κ3) is 3.80. The zero-order valence-corrected chi connectivity index (χ0v) is 13.3. The van der Waals surface area contributed by atoms with E-state index in [1.807, 2.05) is 19.1 Å². The third-order valence-corrected chi connectivity index (χ3v) is 3.91. The fourth-order valence-corrected chi connectivity index (χ4v) is 2.44. The van der Waals surface area contributed by atoms with Crippen molar-refractivity contribution in [2.75, 3.05) is 6.61 Å². The van der Waals surface area contributed by atoms with Gasteiger partial charge in [0, 0.05) is 11.5 Å². The molecule has 5 nitrogen and oxygen atoms in total. The highest BCUT2D eigenvalue weighted by Gasteiger charge is 2.36. The van der Waals surface area contributed by atoms with Crippen LogP contribution in [0.4, 0.5) is 0 Å². The van der Waals surface area contributed by atoms with E-state index in [1.165, 1.54) is 12.6 Å². The lowest BCUT2D eigenvalue weighted by Crippen LogP contribution is -2.17. The van der Waals surface area contributed by atoms with E-state index >= 15 is 0 Å². The molecule has 1 heterocycles. The van der Waals surface area contributed by atoms with Crippen LogP contribution in [-0.4, -0.2) is 18.7 Å². The maximum atomic E-state index is 12.0. The molecule has 3 rings (SSSR count). The zero-order chi connectivity index (χ0) is 16.2. The fourth-order valence-electron chi connectivity index (χ4n) is 2.44. The monoisotopic (exact) mass is 312 g/mol. The summed E-state index contributed by atoms with van der Waals surface area (Å²) in [6.45, 7) is 4.72. The first-order chi connectivity index (χ1) is 11.2. The average molecular weight is 312 g/mol. The quantitative estimate of drug-likeness (QED) is 0.655. The summed E-state index contributed by atoms with van der Waals surface area (Å²) in [7, 11) is 0. The van der Waals surface area contributed by atoms with Crippen molar-refractivity contribution in [3.8, 4) is 5.75 Å². The van der Waals surface area contributed by atoms with Crippen LogP contribution in [0.5, 0.6) is 5.75 Å². The summed E-state index contributed by atoms with van der Waals surface area (Å²) in [6.07, 6.45) is 2.70. The van der Waals surface area contributed by atoms with Crippen molar-refractivity contribution in [3.05, 3.63) is 53.5 Å². The van der Waals surface area contributed by atoms with Crippen molar-refractivity contribution < 1.29 is 13.9 Å². The molecule has 120 valence electrons. The number of nitrogens with zero attached hydrogens (tertiary/aromatic N) is 1. The Bertz CT molecular complexity index is 703. The summed E-state index contributed by atoms with van der Waals surface area (Å²) in [5.74, 6) is 3.35. The molecule has 0 bridgehead atoms. The van der Waals surface area contributed by atoms with Gasteiger partial charge in [0.1, 0.15) is 17.3 Å². The van der Waals surface area contributed by atoms with E-state index in [4.69, 9.17) is 9.15 Å². The molecule has 1 fully saturated rings. The zero-order valence-electron chi connectivity index (χ0n) is 13.3. The molecule has 1 N–H and O–H groups in total. The predicted molar refractivity (Wildman–Crippen MR) is 87.9 cm³/mol. The number of hydrazone groups is 1. The maximum Gasteiger partial charge on any atom is 0.271 e. The molecule has 1 aliphatic rings. The highest BCUT2D eigenvalue weighted by molar-refractivity contribution is 5.94. The Morgan fingerprint density at radius 3 is 2.74 bits per heavy atom. The second-order valence-electron chi connectivity index (χ2n) is 5.72. The van der Waals surface area contributed by atoms with Crippen molar-refractivity contribution in [3.63, 3.8) is 0 Å². The molecular weight excluding hydrogens is 292 g/mol. The van der Waals surface area contributed by atoms with Gasteiger partial charge < -0.3 is 9.15 Å². The summed E-state index contributed by atoms with van der Waals surface area (Å²) in [6, 6.07) is 10.8. The highest BCUT2D eigenvalue weighted by atomic mass is 16.5. The summed E-state index contributed by atoms with van der Waals surface area (Å²) in [5.41, 5.74) is 3.02. The largest absolute Gasteiger partial charge is 0.494 e. The first-order valence-corrected chi connectivity index (χ1v) is 7.83. The molecule has 1 aliphatic carbocycles. The molecule has 23 heavy (non-hydrogen) atoms. The van der Waals surface area contributed by atoms with Crippen LogP contribution in [0.25, 0.3) is 0 Å². The Balaban J connectivity index is 1.54. The second-order valence-corrected chi connectivity index (χ2v) is 5.72. The number of benzene rings is 1. The Morgan fingerprint density at radius 2 is 2.09 bits per heavy atom. The van der Waals surface area contributed by atoms with Gasteiger partial charge in [-0.1, -0.05) is 6.92 Å². The Labute approximate surface area is 135 Å². The van der Waals surface area contributed by atoms with E-state index in [0.717, 1.165) is 11.5 Å². The molecule has 0 spiro atoms. The van der Waals surface area contributed by atoms with Gasteiger partial charge in [0.2, 0.25) is 0 Å². The van der Waals surface area contributed by atoms with Crippen molar-refractivity contribution in [1.82, 2.24) is 5.43 Å². The number of amides is 1. The highest BCUT2D eigenvalue weighted by Crippen LogP contribution is 2.47. The minimum atomic E-state index is -0.271. The maximum absolute atomic E-state index is 12.0. The summed E-state index contributed by atoms with van der Waals surface area (Å²) >= 11 is 0. The summed E-state index contributed by atoms with van der Waals surface area (Å²) < 4.78 is 11.0. The first kappa shape index (κ1) is 15.3. The van der Waals surface area contributed by atoms with E-state index in [9.17, 15) is 4.79 Å². The smallest absolute Gasteiger partial charge is 0.271 e. The van der Waals surface area contributed by atoms with E-state index in [1.54, 1.807) is 24.3 Å². The second kappa shape index (κ2) is 6.69. The van der Waals surface area contributed by atoms with Crippen LogP contribution in [0.1, 0.15) is 48.1 Å². The Hall–Kier alpha value is -2.56. The Morgan fingerprint density at radius 1 is 1.35 bits per heavy atom. The number of carbonyl (C=O) groups excluding carboxylic acids is 1. The van der Waals surface area contributed by atoms with E-state index in [2.05, 4.69) is 17.5 Å². The van der Waals surface area contributed by atoms with Gasteiger partial charge in [0.25, 0.3) is 5.91 Å². The molecular formula is C18H20N2O3. The molecule has 2 aromatic rings. The summed E-state index contributed by atoms with van der Waals surface area (Å²) in [4.78, 5) is 12.0. The predicted octanol–water partition coefficient (Wildman–Crippen LogP) is 3.57. The van der Waals surface area contributed by atoms with Crippen molar-refractivity contribution in [2.45, 2.75) is 26.2 Å². The van der Waals surface area contributed by atoms with E-state index < -0.39 is 0 Å². The number of rotatable bonds is 6. The molecule has 0 saturated heterocycles. The van der Waals surface area contributed by atoms with Crippen LogP contribution in [0.15, 0.2) is 45.9 Å². The summed E-state index contributed by atoms with van der Waals surface area (Å²) in [5, 5.41) is 3.94. The number of carbonyl (C=O) groups is 1. The average Bonchev–Trinajstić information content (AvgIpc) is 3.09. The molecule has 1 aromatic carbocycles. The van der Waals surface area contributed by atoms with Gasteiger partial charge in [-0.15, -0.1) is 0 Å². The van der Waals surface area contributed by atoms with Gasteiger partial charge in [-0.2, -0.15) is 5.10 Å². The van der Waals surface area contributed by atoms with Gasteiger partial charge in [-0.3, -0.25) is 4.79 Å². The fraction of sp³-hybridized carbons (Fsp3) is 0.333. The SMILES string of the molecule is CCOc1ccc(C(=O)N/N=C\c2ccc([C@@H]3C[C@@H]3C)o2)cc1. The first-order valence-electron chi connectivity index (χ1n) is 7.83. The molecule has 0 aliphatic heterocycles. The van der Waals surface area contributed by atoms with Crippen molar-refractivity contribution >= 4 is 12.1 Å². The number of hydrogen-bond donors (Lipinski definition) is 1. The van der Waals surface area contributed by atoms with Gasteiger partial charge in [0.05, 0.1) is 12.8 Å². The minimum absolute atomic E-state index is 0.271. The molecule has 1 aromatic heterocycles. The van der Waals surface area contributed by atoms with Crippen LogP contribution >= 0.6 is 0 Å². The van der Waals surface area contributed by atoms with E-state index in [0.29, 0.717) is 29.8 Å². The van der Waals surface area contributed by atoms with Crippen LogP contribution in [0.3, 0.4) is 0 Å². The number of hydrogen-bond acceptors (Lipinski definition) is 4. The van der Waals surface area contributed by atoms with Crippen LogP contribution in [-0.2, 0) is 0 Å². The van der Waals surface area contributed by atoms with Gasteiger partial charge in [-0.25, -0.2) is 5.43 Å². The lowest BCUT2D eigenvalue weighted by molar-refractivity contribution is 0.0955. The normalized spacial score (nSPS) is 19.7. The molecule has 2 atom stereocenters. The van der Waals surface area contributed by atoms with Gasteiger partial charge in [-0.05, 0) is 55.7 Å². The number of nitrogens with one attached hydrogen (secondary N) is 1. The number of ether oxygens (including phenoxy) is 1. The van der Waals surface area contributed by atoms with Gasteiger partial charge in [0.15, 0.2) is 0 Å². The van der Waals surface area contributed by atoms with Crippen molar-refractivity contribution in [1.29, 1.82) is 0 Å². The Kier molecular flexibility index (Phi) is 4.46. The minimum Gasteiger partial charge on any atom is -0.494 e. The van der Waals surface area contributed by atoms with Crippen LogP contribution in [0, 0.1) is 5.92 Å². The van der Waals surface area contributed by atoms with E-state index in [-0.39, 0.29) is 5.91 Å². The van der Waals surface area contributed by atoms with Gasteiger partial charge >= 0.3 is 0 Å². The lowest BCUT2D eigenvalue weighted by atomic mass is 10.2. The molecule has 0 unspecified atom stereocenters. The van der Waals surface area contributed by atoms with Crippen LogP contribution < -0.4 is 10.2 Å². The molecule has 1 saturated carbocycles.